The summed E-state index contributed by atoms with van der Waals surface area (Å²) < 4.78 is 9.02. The smallest absolute Gasteiger partial charge is 0.328 e. The molecule has 1 amide bonds. The van der Waals surface area contributed by atoms with E-state index in [1.54, 1.807) is 13.8 Å². The summed E-state index contributed by atoms with van der Waals surface area (Å²) in [6.07, 6.45) is 0.215. The Hall–Kier alpha value is -1.59. The van der Waals surface area contributed by atoms with Gasteiger partial charge in [-0.25, -0.2) is 4.79 Å². The predicted octanol–water partition coefficient (Wildman–Crippen LogP) is 0.253. The Balaban J connectivity index is 4.39. The predicted molar refractivity (Wildman–Crippen MR) is 60.0 cm³/mol. The van der Waals surface area contributed by atoms with Gasteiger partial charge >= 0.3 is 11.9 Å². The molecule has 6 nitrogen and oxygen atoms in total. The van der Waals surface area contributed by atoms with Crippen molar-refractivity contribution in [3.8, 4) is 0 Å². The van der Waals surface area contributed by atoms with Crippen molar-refractivity contribution in [3.63, 3.8) is 0 Å². The van der Waals surface area contributed by atoms with Crippen molar-refractivity contribution in [3.05, 3.63) is 0 Å². The van der Waals surface area contributed by atoms with Crippen LogP contribution in [0.2, 0.25) is 0 Å². The van der Waals surface area contributed by atoms with Crippen LogP contribution in [0.4, 0.5) is 0 Å². The van der Waals surface area contributed by atoms with Gasteiger partial charge in [-0.15, -0.1) is 0 Å². The van der Waals surface area contributed by atoms with Crippen LogP contribution in [0, 0.1) is 5.92 Å². The second kappa shape index (κ2) is 7.65. The second-order valence-corrected chi connectivity index (χ2v) is 3.85. The van der Waals surface area contributed by atoms with E-state index in [9.17, 15) is 14.4 Å². The molecule has 0 heterocycles. The first-order valence-corrected chi connectivity index (χ1v) is 5.37. The minimum absolute atomic E-state index is 0.0502. The van der Waals surface area contributed by atoms with Crippen molar-refractivity contribution in [2.24, 2.45) is 5.92 Å². The monoisotopic (exact) mass is 245 g/mol. The summed E-state index contributed by atoms with van der Waals surface area (Å²) in [6, 6.07) is -0.811. The number of hydrogen-bond donors (Lipinski definition) is 1. The molecule has 0 aliphatic carbocycles. The van der Waals surface area contributed by atoms with Gasteiger partial charge in [-0.2, -0.15) is 0 Å². The maximum Gasteiger partial charge on any atom is 0.328 e. The van der Waals surface area contributed by atoms with Gasteiger partial charge in [0.2, 0.25) is 5.91 Å². The molecule has 0 saturated heterocycles. The van der Waals surface area contributed by atoms with Gasteiger partial charge in [-0.1, -0.05) is 13.8 Å². The number of amides is 1. The lowest BCUT2D eigenvalue weighted by atomic mass is 10.1. The van der Waals surface area contributed by atoms with E-state index < -0.39 is 18.0 Å². The SMILES string of the molecule is COC(=O)CCC(NC(=O)C(C)C)C(=O)OC. The summed E-state index contributed by atoms with van der Waals surface area (Å²) >= 11 is 0. The molecule has 0 aliphatic rings. The van der Waals surface area contributed by atoms with Crippen molar-refractivity contribution >= 4 is 17.8 Å². The van der Waals surface area contributed by atoms with E-state index >= 15 is 0 Å². The third kappa shape index (κ3) is 5.89. The average Bonchev–Trinajstić information content (AvgIpc) is 2.32. The highest BCUT2D eigenvalue weighted by molar-refractivity contribution is 5.85. The normalized spacial score (nSPS) is 11.8. The Labute approximate surface area is 101 Å². The van der Waals surface area contributed by atoms with Gasteiger partial charge in [0.05, 0.1) is 14.2 Å². The maximum atomic E-state index is 11.5. The summed E-state index contributed by atoms with van der Waals surface area (Å²) in [7, 11) is 2.50. The highest BCUT2D eigenvalue weighted by Crippen LogP contribution is 2.03. The van der Waals surface area contributed by atoms with Gasteiger partial charge in [-0.3, -0.25) is 9.59 Å². The van der Waals surface area contributed by atoms with E-state index in [-0.39, 0.29) is 24.7 Å². The number of carbonyl (C=O) groups is 3. The topological polar surface area (TPSA) is 81.7 Å². The molecular weight excluding hydrogens is 226 g/mol. The van der Waals surface area contributed by atoms with Crippen LogP contribution in [0.3, 0.4) is 0 Å². The van der Waals surface area contributed by atoms with Gasteiger partial charge in [0, 0.05) is 12.3 Å². The fourth-order valence-electron chi connectivity index (χ4n) is 1.09. The fraction of sp³-hybridized carbons (Fsp3) is 0.727. The van der Waals surface area contributed by atoms with E-state index in [0.717, 1.165) is 0 Å². The second-order valence-electron chi connectivity index (χ2n) is 3.85. The van der Waals surface area contributed by atoms with Crippen LogP contribution in [-0.4, -0.2) is 38.1 Å². The van der Waals surface area contributed by atoms with E-state index in [1.165, 1.54) is 14.2 Å². The largest absolute Gasteiger partial charge is 0.469 e. The zero-order valence-corrected chi connectivity index (χ0v) is 10.6. The van der Waals surface area contributed by atoms with Crippen LogP contribution in [0.5, 0.6) is 0 Å². The Kier molecular flexibility index (Phi) is 6.93. The summed E-state index contributed by atoms with van der Waals surface area (Å²) in [5.74, 6) is -1.49. The van der Waals surface area contributed by atoms with Crippen molar-refractivity contribution in [1.82, 2.24) is 5.32 Å². The summed E-state index contributed by atoms with van der Waals surface area (Å²) in [5.41, 5.74) is 0. The molecule has 0 spiro atoms. The summed E-state index contributed by atoms with van der Waals surface area (Å²) in [6.45, 7) is 3.42. The molecule has 0 rings (SSSR count). The minimum atomic E-state index is -0.811. The highest BCUT2D eigenvalue weighted by atomic mass is 16.5. The van der Waals surface area contributed by atoms with E-state index in [4.69, 9.17) is 0 Å². The maximum absolute atomic E-state index is 11.5. The quantitative estimate of drug-likeness (QED) is 0.678. The van der Waals surface area contributed by atoms with Gasteiger partial charge in [-0.05, 0) is 6.42 Å². The van der Waals surface area contributed by atoms with Crippen LogP contribution in [0.1, 0.15) is 26.7 Å². The molecule has 17 heavy (non-hydrogen) atoms. The zero-order valence-electron chi connectivity index (χ0n) is 10.6. The molecule has 0 bridgehead atoms. The lowest BCUT2D eigenvalue weighted by Gasteiger charge is -2.17. The first kappa shape index (κ1) is 15.4. The molecule has 0 aromatic heterocycles. The Morgan fingerprint density at radius 2 is 1.71 bits per heavy atom. The number of rotatable bonds is 6. The number of nitrogens with one attached hydrogen (secondary N) is 1. The molecule has 1 N–H and O–H groups in total. The van der Waals surface area contributed by atoms with Crippen LogP contribution >= 0.6 is 0 Å². The first-order chi connectivity index (χ1) is 7.92. The molecule has 0 fully saturated rings. The van der Waals surface area contributed by atoms with Crippen LogP contribution in [0.25, 0.3) is 0 Å². The fourth-order valence-corrected chi connectivity index (χ4v) is 1.09. The number of methoxy groups -OCH3 is 2. The van der Waals surface area contributed by atoms with E-state index in [1.807, 2.05) is 0 Å². The molecule has 0 aromatic rings. The van der Waals surface area contributed by atoms with Crippen molar-refractivity contribution in [2.75, 3.05) is 14.2 Å². The number of carbonyl (C=O) groups excluding carboxylic acids is 3. The Morgan fingerprint density at radius 1 is 1.12 bits per heavy atom. The summed E-state index contributed by atoms with van der Waals surface area (Å²) in [4.78, 5) is 33.8. The molecule has 0 aromatic carbocycles. The Bertz CT molecular complexity index is 288. The van der Waals surface area contributed by atoms with Crippen molar-refractivity contribution in [1.29, 1.82) is 0 Å². The standard InChI is InChI=1S/C11H19NO5/c1-7(2)10(14)12-8(11(15)17-4)5-6-9(13)16-3/h7-8H,5-6H2,1-4H3,(H,12,14). The van der Waals surface area contributed by atoms with Crippen LogP contribution in [-0.2, 0) is 23.9 Å². The molecule has 0 saturated carbocycles. The van der Waals surface area contributed by atoms with E-state index in [2.05, 4.69) is 14.8 Å². The van der Waals surface area contributed by atoms with Gasteiger partial charge < -0.3 is 14.8 Å². The Morgan fingerprint density at radius 3 is 2.12 bits per heavy atom. The van der Waals surface area contributed by atoms with Crippen LogP contribution < -0.4 is 5.32 Å². The molecule has 1 atom stereocenters. The van der Waals surface area contributed by atoms with Gasteiger partial charge in [0.15, 0.2) is 0 Å². The minimum Gasteiger partial charge on any atom is -0.469 e. The average molecular weight is 245 g/mol. The van der Waals surface area contributed by atoms with Crippen LogP contribution in [0.15, 0.2) is 0 Å². The first-order valence-electron chi connectivity index (χ1n) is 5.37. The summed E-state index contributed by atoms with van der Waals surface area (Å²) in [5, 5.41) is 2.53. The molecular formula is C11H19NO5. The zero-order chi connectivity index (χ0) is 13.4. The van der Waals surface area contributed by atoms with Crippen molar-refractivity contribution in [2.45, 2.75) is 32.7 Å². The lowest BCUT2D eigenvalue weighted by Crippen LogP contribution is -2.43. The highest BCUT2D eigenvalue weighted by Gasteiger charge is 2.23. The molecule has 0 radical (unpaired) electrons. The molecule has 1 unspecified atom stereocenters. The number of esters is 2. The van der Waals surface area contributed by atoms with Crippen molar-refractivity contribution < 1.29 is 23.9 Å². The van der Waals surface area contributed by atoms with E-state index in [0.29, 0.717) is 0 Å². The third-order valence-electron chi connectivity index (χ3n) is 2.19. The van der Waals surface area contributed by atoms with Gasteiger partial charge in [0.25, 0.3) is 0 Å². The van der Waals surface area contributed by atoms with Gasteiger partial charge in [0.1, 0.15) is 6.04 Å². The molecule has 6 heteroatoms. The third-order valence-corrected chi connectivity index (χ3v) is 2.19. The number of ether oxygens (including phenoxy) is 2. The molecule has 98 valence electrons. The lowest BCUT2D eigenvalue weighted by molar-refractivity contribution is -0.146. The molecule has 0 aliphatic heterocycles. The number of hydrogen-bond acceptors (Lipinski definition) is 5.